The lowest BCUT2D eigenvalue weighted by molar-refractivity contribution is -0.131. The van der Waals surface area contributed by atoms with E-state index in [1.165, 1.54) is 0 Å². The fourth-order valence-electron chi connectivity index (χ4n) is 1.35. The second-order valence-corrected chi connectivity index (χ2v) is 3.10. The second kappa shape index (κ2) is 5.20. The van der Waals surface area contributed by atoms with E-state index < -0.39 is 5.97 Å². The SMILES string of the molecule is CCc1cc(/C=C/C(=O)O)ccc1OC. The van der Waals surface area contributed by atoms with Gasteiger partial charge in [-0.1, -0.05) is 13.0 Å². The van der Waals surface area contributed by atoms with Crippen LogP contribution in [0.5, 0.6) is 5.75 Å². The third kappa shape index (κ3) is 3.13. The van der Waals surface area contributed by atoms with Crippen molar-refractivity contribution in [1.82, 2.24) is 0 Å². The van der Waals surface area contributed by atoms with Crippen molar-refractivity contribution in [2.75, 3.05) is 7.11 Å². The van der Waals surface area contributed by atoms with Crippen LogP contribution in [0.4, 0.5) is 0 Å². The van der Waals surface area contributed by atoms with Crippen LogP contribution in [-0.4, -0.2) is 18.2 Å². The number of carbonyl (C=O) groups is 1. The maximum Gasteiger partial charge on any atom is 0.328 e. The van der Waals surface area contributed by atoms with Gasteiger partial charge in [-0.2, -0.15) is 0 Å². The fourth-order valence-corrected chi connectivity index (χ4v) is 1.35. The van der Waals surface area contributed by atoms with Crippen molar-refractivity contribution in [2.45, 2.75) is 13.3 Å². The number of benzene rings is 1. The van der Waals surface area contributed by atoms with E-state index >= 15 is 0 Å². The molecule has 1 aromatic rings. The van der Waals surface area contributed by atoms with Gasteiger partial charge < -0.3 is 9.84 Å². The zero-order valence-corrected chi connectivity index (χ0v) is 8.86. The van der Waals surface area contributed by atoms with Crippen LogP contribution in [0.15, 0.2) is 24.3 Å². The molecule has 0 aliphatic carbocycles. The molecule has 0 radical (unpaired) electrons. The van der Waals surface area contributed by atoms with Gasteiger partial charge in [0.1, 0.15) is 5.75 Å². The molecule has 0 amide bonds. The summed E-state index contributed by atoms with van der Waals surface area (Å²) in [6, 6.07) is 5.61. The summed E-state index contributed by atoms with van der Waals surface area (Å²) in [5, 5.41) is 8.49. The summed E-state index contributed by atoms with van der Waals surface area (Å²) >= 11 is 0. The van der Waals surface area contributed by atoms with E-state index in [0.717, 1.165) is 29.4 Å². The number of carboxylic acids is 1. The van der Waals surface area contributed by atoms with E-state index in [9.17, 15) is 4.79 Å². The van der Waals surface area contributed by atoms with Crippen LogP contribution in [-0.2, 0) is 11.2 Å². The van der Waals surface area contributed by atoms with Crippen molar-refractivity contribution in [1.29, 1.82) is 0 Å². The van der Waals surface area contributed by atoms with Gasteiger partial charge in [0, 0.05) is 6.08 Å². The number of aliphatic carboxylic acids is 1. The summed E-state index contributed by atoms with van der Waals surface area (Å²) in [5.41, 5.74) is 1.94. The highest BCUT2D eigenvalue weighted by atomic mass is 16.5. The van der Waals surface area contributed by atoms with Gasteiger partial charge in [0.2, 0.25) is 0 Å². The standard InChI is InChI=1S/C12H14O3/c1-3-10-8-9(5-7-12(13)14)4-6-11(10)15-2/h4-8H,3H2,1-2H3,(H,13,14)/b7-5+. The molecule has 1 rings (SSSR count). The summed E-state index contributed by atoms with van der Waals surface area (Å²) in [6.45, 7) is 2.03. The van der Waals surface area contributed by atoms with Gasteiger partial charge in [-0.05, 0) is 35.8 Å². The Morgan fingerprint density at radius 1 is 1.53 bits per heavy atom. The van der Waals surface area contributed by atoms with Crippen molar-refractivity contribution >= 4 is 12.0 Å². The highest BCUT2D eigenvalue weighted by Gasteiger charge is 2.00. The van der Waals surface area contributed by atoms with Gasteiger partial charge >= 0.3 is 5.97 Å². The van der Waals surface area contributed by atoms with E-state index in [1.807, 2.05) is 25.1 Å². The van der Waals surface area contributed by atoms with Gasteiger partial charge in [0.05, 0.1) is 7.11 Å². The van der Waals surface area contributed by atoms with Gasteiger partial charge in [0.15, 0.2) is 0 Å². The second-order valence-electron chi connectivity index (χ2n) is 3.10. The third-order valence-corrected chi connectivity index (χ3v) is 2.10. The van der Waals surface area contributed by atoms with Crippen LogP contribution in [0.2, 0.25) is 0 Å². The molecule has 80 valence electrons. The average molecular weight is 206 g/mol. The summed E-state index contributed by atoms with van der Waals surface area (Å²) in [4.78, 5) is 10.3. The van der Waals surface area contributed by atoms with Crippen LogP contribution in [0.1, 0.15) is 18.1 Å². The molecule has 0 bridgehead atoms. The molecule has 3 nitrogen and oxygen atoms in total. The molecule has 0 aromatic heterocycles. The Morgan fingerprint density at radius 2 is 2.27 bits per heavy atom. The third-order valence-electron chi connectivity index (χ3n) is 2.10. The molecule has 1 N–H and O–H groups in total. The van der Waals surface area contributed by atoms with Crippen LogP contribution in [0, 0.1) is 0 Å². The predicted molar refractivity (Wildman–Crippen MR) is 59.0 cm³/mol. The van der Waals surface area contributed by atoms with Crippen LogP contribution < -0.4 is 4.74 Å². The molecule has 0 saturated carbocycles. The molecule has 0 spiro atoms. The minimum atomic E-state index is -0.941. The topological polar surface area (TPSA) is 46.5 Å². The summed E-state index contributed by atoms with van der Waals surface area (Å²) in [6.07, 6.45) is 3.56. The first-order chi connectivity index (χ1) is 7.17. The zero-order valence-electron chi connectivity index (χ0n) is 8.86. The molecular weight excluding hydrogens is 192 g/mol. The van der Waals surface area contributed by atoms with E-state index in [2.05, 4.69) is 0 Å². The Hall–Kier alpha value is -1.77. The molecule has 0 aliphatic heterocycles. The Labute approximate surface area is 89.0 Å². The maximum atomic E-state index is 10.3. The van der Waals surface area contributed by atoms with Gasteiger partial charge in [0.25, 0.3) is 0 Å². The van der Waals surface area contributed by atoms with Gasteiger partial charge in [-0.15, -0.1) is 0 Å². The first-order valence-electron chi connectivity index (χ1n) is 4.75. The van der Waals surface area contributed by atoms with Crippen molar-refractivity contribution in [2.24, 2.45) is 0 Å². The number of hydrogen-bond donors (Lipinski definition) is 1. The van der Waals surface area contributed by atoms with Crippen LogP contribution >= 0.6 is 0 Å². The first-order valence-corrected chi connectivity index (χ1v) is 4.75. The smallest absolute Gasteiger partial charge is 0.328 e. The quantitative estimate of drug-likeness (QED) is 0.769. The average Bonchev–Trinajstić information content (AvgIpc) is 2.25. The number of methoxy groups -OCH3 is 1. The van der Waals surface area contributed by atoms with E-state index in [4.69, 9.17) is 9.84 Å². The lowest BCUT2D eigenvalue weighted by Crippen LogP contribution is -1.91. The minimum absolute atomic E-state index is 0.838. The Bertz CT molecular complexity index is 380. The number of carboxylic acid groups (broad SMARTS) is 1. The van der Waals surface area contributed by atoms with Crippen LogP contribution in [0.3, 0.4) is 0 Å². The van der Waals surface area contributed by atoms with Crippen molar-refractivity contribution in [3.63, 3.8) is 0 Å². The Balaban J connectivity index is 2.97. The summed E-state index contributed by atoms with van der Waals surface area (Å²) in [7, 11) is 1.63. The van der Waals surface area contributed by atoms with E-state index in [0.29, 0.717) is 0 Å². The predicted octanol–water partition coefficient (Wildman–Crippen LogP) is 2.36. The highest BCUT2D eigenvalue weighted by molar-refractivity contribution is 5.85. The minimum Gasteiger partial charge on any atom is -0.496 e. The highest BCUT2D eigenvalue weighted by Crippen LogP contribution is 2.20. The monoisotopic (exact) mass is 206 g/mol. The van der Waals surface area contributed by atoms with Crippen molar-refractivity contribution in [3.8, 4) is 5.75 Å². The van der Waals surface area contributed by atoms with Crippen molar-refractivity contribution < 1.29 is 14.6 Å². The Kier molecular flexibility index (Phi) is 3.92. The molecule has 0 heterocycles. The van der Waals surface area contributed by atoms with E-state index in [-0.39, 0.29) is 0 Å². The zero-order chi connectivity index (χ0) is 11.3. The summed E-state index contributed by atoms with van der Waals surface area (Å²) < 4.78 is 5.18. The largest absolute Gasteiger partial charge is 0.496 e. The summed E-state index contributed by atoms with van der Waals surface area (Å²) in [5.74, 6) is -0.103. The maximum absolute atomic E-state index is 10.3. The molecule has 0 unspecified atom stereocenters. The molecule has 0 atom stereocenters. The number of hydrogen-bond acceptors (Lipinski definition) is 2. The lowest BCUT2D eigenvalue weighted by Gasteiger charge is -2.06. The Morgan fingerprint density at radius 3 is 2.80 bits per heavy atom. The lowest BCUT2D eigenvalue weighted by atomic mass is 10.1. The number of aryl methyl sites for hydroxylation is 1. The molecule has 0 saturated heterocycles. The van der Waals surface area contributed by atoms with Crippen LogP contribution in [0.25, 0.3) is 6.08 Å². The van der Waals surface area contributed by atoms with Gasteiger partial charge in [-0.3, -0.25) is 0 Å². The van der Waals surface area contributed by atoms with Gasteiger partial charge in [-0.25, -0.2) is 4.79 Å². The van der Waals surface area contributed by atoms with Crippen molar-refractivity contribution in [3.05, 3.63) is 35.4 Å². The molecular formula is C12H14O3. The fraction of sp³-hybridized carbons (Fsp3) is 0.250. The van der Waals surface area contributed by atoms with E-state index in [1.54, 1.807) is 13.2 Å². The number of rotatable bonds is 4. The molecule has 1 aromatic carbocycles. The molecule has 0 aliphatic rings. The first kappa shape index (κ1) is 11.3. The number of ether oxygens (including phenoxy) is 1. The normalized spacial score (nSPS) is 10.5. The molecule has 0 fully saturated rings. The molecule has 15 heavy (non-hydrogen) atoms. The molecule has 3 heteroatoms.